The Hall–Kier alpha value is -0.0800. The first-order chi connectivity index (χ1) is 11.2. The fraction of sp³-hybridized carbons (Fsp3) is 0.944. The number of guanidine groups is 1. The van der Waals surface area contributed by atoms with Crippen molar-refractivity contribution in [2.24, 2.45) is 16.8 Å². The Morgan fingerprint density at radius 2 is 1.96 bits per heavy atom. The zero-order valence-electron chi connectivity index (χ0n) is 15.8. The van der Waals surface area contributed by atoms with Crippen molar-refractivity contribution in [2.75, 3.05) is 59.5 Å². The summed E-state index contributed by atoms with van der Waals surface area (Å²) < 4.78 is 5.29. The molecule has 0 bridgehead atoms. The van der Waals surface area contributed by atoms with Gasteiger partial charge in [0, 0.05) is 39.2 Å². The molecule has 0 saturated carbocycles. The number of methoxy groups -OCH3 is 1. The lowest BCUT2D eigenvalue weighted by atomic mass is 9.99. The summed E-state index contributed by atoms with van der Waals surface area (Å²) in [7, 11) is 1.79. The van der Waals surface area contributed by atoms with Crippen LogP contribution in [-0.2, 0) is 4.74 Å². The summed E-state index contributed by atoms with van der Waals surface area (Å²) in [5, 5.41) is 3.45. The Bertz CT molecular complexity index is 359. The van der Waals surface area contributed by atoms with E-state index >= 15 is 0 Å². The van der Waals surface area contributed by atoms with Gasteiger partial charge in [0.2, 0.25) is 0 Å². The van der Waals surface area contributed by atoms with E-state index in [-0.39, 0.29) is 24.0 Å². The summed E-state index contributed by atoms with van der Waals surface area (Å²) in [4.78, 5) is 9.86. The molecule has 2 saturated heterocycles. The molecule has 0 radical (unpaired) electrons. The molecular formula is C18H37IN4O. The molecule has 2 aliphatic rings. The molecule has 1 unspecified atom stereocenters. The van der Waals surface area contributed by atoms with Crippen molar-refractivity contribution in [1.29, 1.82) is 0 Å². The Labute approximate surface area is 165 Å². The zero-order chi connectivity index (χ0) is 16.5. The van der Waals surface area contributed by atoms with Crippen molar-refractivity contribution < 1.29 is 4.74 Å². The topological polar surface area (TPSA) is 40.1 Å². The number of likely N-dealkylation sites (tertiary alicyclic amines) is 2. The molecule has 1 N–H and O–H groups in total. The van der Waals surface area contributed by atoms with Crippen LogP contribution in [0.2, 0.25) is 0 Å². The number of nitrogens with one attached hydrogen (secondary N) is 1. The molecule has 0 amide bonds. The number of piperidine rings is 1. The van der Waals surface area contributed by atoms with Crippen LogP contribution in [0.4, 0.5) is 0 Å². The summed E-state index contributed by atoms with van der Waals surface area (Å²) in [6.07, 6.45) is 5.10. The lowest BCUT2D eigenvalue weighted by molar-refractivity contribution is 0.157. The van der Waals surface area contributed by atoms with Gasteiger partial charge in [0.1, 0.15) is 0 Å². The van der Waals surface area contributed by atoms with E-state index in [2.05, 4.69) is 29.0 Å². The van der Waals surface area contributed by atoms with Gasteiger partial charge in [-0.2, -0.15) is 0 Å². The fourth-order valence-corrected chi connectivity index (χ4v) is 3.59. The minimum absolute atomic E-state index is 0. The Balaban J connectivity index is 0.00000288. The lowest BCUT2D eigenvalue weighted by Gasteiger charge is -2.30. The summed E-state index contributed by atoms with van der Waals surface area (Å²) in [6, 6.07) is 0. The number of nitrogens with zero attached hydrogens (tertiary/aromatic N) is 3. The smallest absolute Gasteiger partial charge is 0.193 e. The predicted octanol–water partition coefficient (Wildman–Crippen LogP) is 2.66. The highest BCUT2D eigenvalue weighted by atomic mass is 127. The molecule has 1 atom stereocenters. The third-order valence-corrected chi connectivity index (χ3v) is 5.09. The molecular weight excluding hydrogens is 415 g/mol. The zero-order valence-corrected chi connectivity index (χ0v) is 18.1. The van der Waals surface area contributed by atoms with Gasteiger partial charge in [0.15, 0.2) is 5.96 Å². The van der Waals surface area contributed by atoms with E-state index in [4.69, 9.17) is 9.73 Å². The lowest BCUT2D eigenvalue weighted by Crippen LogP contribution is -2.40. The van der Waals surface area contributed by atoms with Crippen LogP contribution in [0.5, 0.6) is 0 Å². The molecule has 142 valence electrons. The molecule has 0 aromatic carbocycles. The SMILES string of the molecule is CCNC(=NCCCN1CCC(C)CC1)N1CCC(COC)C1.I. The molecule has 2 aliphatic heterocycles. The highest BCUT2D eigenvalue weighted by Gasteiger charge is 2.24. The first-order valence-corrected chi connectivity index (χ1v) is 9.47. The fourth-order valence-electron chi connectivity index (χ4n) is 3.59. The Morgan fingerprint density at radius 1 is 1.21 bits per heavy atom. The molecule has 0 spiro atoms. The number of rotatable bonds is 7. The van der Waals surface area contributed by atoms with Gasteiger partial charge in [-0.1, -0.05) is 6.92 Å². The minimum atomic E-state index is 0. The molecule has 0 aliphatic carbocycles. The highest BCUT2D eigenvalue weighted by molar-refractivity contribution is 14.0. The molecule has 0 aromatic heterocycles. The Morgan fingerprint density at radius 3 is 2.62 bits per heavy atom. The van der Waals surface area contributed by atoms with Crippen LogP contribution in [0, 0.1) is 11.8 Å². The molecule has 2 fully saturated rings. The molecule has 2 heterocycles. The largest absolute Gasteiger partial charge is 0.384 e. The van der Waals surface area contributed by atoms with Gasteiger partial charge in [0.05, 0.1) is 6.61 Å². The van der Waals surface area contributed by atoms with Crippen LogP contribution in [0.3, 0.4) is 0 Å². The van der Waals surface area contributed by atoms with Crippen LogP contribution in [-0.4, -0.2) is 75.3 Å². The maximum atomic E-state index is 5.29. The van der Waals surface area contributed by atoms with Crippen molar-refractivity contribution in [2.45, 2.75) is 39.5 Å². The Kier molecular flexibility index (Phi) is 11.3. The van der Waals surface area contributed by atoms with Crippen molar-refractivity contribution in [3.8, 4) is 0 Å². The second-order valence-electron chi connectivity index (χ2n) is 7.17. The van der Waals surface area contributed by atoms with E-state index in [0.717, 1.165) is 44.7 Å². The predicted molar refractivity (Wildman–Crippen MR) is 112 cm³/mol. The molecule has 2 rings (SSSR count). The number of halogens is 1. The van der Waals surface area contributed by atoms with Crippen molar-refractivity contribution in [3.05, 3.63) is 0 Å². The number of hydrogen-bond donors (Lipinski definition) is 1. The number of aliphatic imine (C=N–C) groups is 1. The van der Waals surface area contributed by atoms with Gasteiger partial charge in [-0.05, 0) is 58.2 Å². The standard InChI is InChI=1S/C18H36N4O.HI/c1-4-19-18(22-13-8-17(14-22)15-23-3)20-9-5-10-21-11-6-16(2)7-12-21;/h16-17H,4-15H2,1-3H3,(H,19,20);1H. The van der Waals surface area contributed by atoms with Crippen LogP contribution in [0.25, 0.3) is 0 Å². The van der Waals surface area contributed by atoms with E-state index < -0.39 is 0 Å². The normalized spacial score (nSPS) is 23.4. The van der Waals surface area contributed by atoms with Crippen LogP contribution >= 0.6 is 24.0 Å². The van der Waals surface area contributed by atoms with Crippen LogP contribution < -0.4 is 5.32 Å². The van der Waals surface area contributed by atoms with Gasteiger partial charge < -0.3 is 19.9 Å². The average Bonchev–Trinajstić information content (AvgIpc) is 3.01. The number of hydrogen-bond acceptors (Lipinski definition) is 3. The molecule has 0 aromatic rings. The van der Waals surface area contributed by atoms with Gasteiger partial charge in [-0.3, -0.25) is 4.99 Å². The van der Waals surface area contributed by atoms with E-state index in [1.807, 2.05) is 0 Å². The maximum Gasteiger partial charge on any atom is 0.193 e. The average molecular weight is 452 g/mol. The van der Waals surface area contributed by atoms with E-state index in [0.29, 0.717) is 5.92 Å². The van der Waals surface area contributed by atoms with Gasteiger partial charge >= 0.3 is 0 Å². The van der Waals surface area contributed by atoms with E-state index in [1.165, 1.54) is 45.3 Å². The van der Waals surface area contributed by atoms with E-state index in [1.54, 1.807) is 7.11 Å². The maximum absolute atomic E-state index is 5.29. The summed E-state index contributed by atoms with van der Waals surface area (Å²) >= 11 is 0. The first-order valence-electron chi connectivity index (χ1n) is 9.47. The second-order valence-corrected chi connectivity index (χ2v) is 7.17. The van der Waals surface area contributed by atoms with E-state index in [9.17, 15) is 0 Å². The monoisotopic (exact) mass is 452 g/mol. The molecule has 24 heavy (non-hydrogen) atoms. The summed E-state index contributed by atoms with van der Waals surface area (Å²) in [5.41, 5.74) is 0. The third kappa shape index (κ3) is 7.44. The van der Waals surface area contributed by atoms with Gasteiger partial charge in [-0.25, -0.2) is 0 Å². The summed E-state index contributed by atoms with van der Waals surface area (Å²) in [6.45, 7) is 13.2. The first kappa shape index (κ1) is 22.0. The van der Waals surface area contributed by atoms with Crippen molar-refractivity contribution in [1.82, 2.24) is 15.1 Å². The summed E-state index contributed by atoms with van der Waals surface area (Å²) in [5.74, 6) is 2.66. The quantitative estimate of drug-likeness (QED) is 0.279. The second kappa shape index (κ2) is 12.3. The van der Waals surface area contributed by atoms with Crippen molar-refractivity contribution >= 4 is 29.9 Å². The molecule has 6 heteroatoms. The van der Waals surface area contributed by atoms with Gasteiger partial charge in [0.25, 0.3) is 0 Å². The third-order valence-electron chi connectivity index (χ3n) is 5.09. The van der Waals surface area contributed by atoms with Crippen LogP contribution in [0.15, 0.2) is 4.99 Å². The minimum Gasteiger partial charge on any atom is -0.384 e. The number of ether oxygens (including phenoxy) is 1. The van der Waals surface area contributed by atoms with Gasteiger partial charge in [-0.15, -0.1) is 24.0 Å². The van der Waals surface area contributed by atoms with Crippen LogP contribution in [0.1, 0.15) is 39.5 Å². The molecule has 5 nitrogen and oxygen atoms in total. The highest BCUT2D eigenvalue weighted by Crippen LogP contribution is 2.17. The van der Waals surface area contributed by atoms with Crippen molar-refractivity contribution in [3.63, 3.8) is 0 Å².